The Hall–Kier alpha value is -2.03. The zero-order chi connectivity index (χ0) is 12.6. The highest BCUT2D eigenvalue weighted by atomic mass is 16.5. The number of anilines is 2. The summed E-state index contributed by atoms with van der Waals surface area (Å²) < 4.78 is 6.00. The van der Waals surface area contributed by atoms with Crippen molar-refractivity contribution in [2.24, 2.45) is 0 Å². The summed E-state index contributed by atoms with van der Waals surface area (Å²) in [6.45, 7) is 4.98. The third-order valence-corrected chi connectivity index (χ3v) is 3.01. The van der Waals surface area contributed by atoms with Crippen LogP contribution in [0.25, 0.3) is 0 Å². The van der Waals surface area contributed by atoms with Crippen LogP contribution in [-0.4, -0.2) is 17.1 Å². The van der Waals surface area contributed by atoms with Crippen molar-refractivity contribution in [3.63, 3.8) is 0 Å². The molecule has 0 atom stereocenters. The molecule has 0 radical (unpaired) electrons. The van der Waals surface area contributed by atoms with Crippen LogP contribution in [0, 0.1) is 0 Å². The van der Waals surface area contributed by atoms with E-state index in [1.807, 2.05) is 42.6 Å². The molecular formula is C15H16N2O. The zero-order valence-electron chi connectivity index (χ0n) is 10.6. The van der Waals surface area contributed by atoms with Gasteiger partial charge < -0.3 is 9.64 Å². The van der Waals surface area contributed by atoms with Gasteiger partial charge in [0.1, 0.15) is 17.2 Å². The molecule has 0 bridgehead atoms. The van der Waals surface area contributed by atoms with Gasteiger partial charge in [-0.1, -0.05) is 18.2 Å². The molecule has 1 aliphatic rings. The summed E-state index contributed by atoms with van der Waals surface area (Å²) in [4.78, 5) is 6.64. The van der Waals surface area contributed by atoms with Gasteiger partial charge in [0.15, 0.2) is 0 Å². The van der Waals surface area contributed by atoms with Gasteiger partial charge in [0.25, 0.3) is 0 Å². The molecule has 0 aliphatic carbocycles. The molecular weight excluding hydrogens is 224 g/mol. The Kier molecular flexibility index (Phi) is 2.47. The van der Waals surface area contributed by atoms with Gasteiger partial charge in [0, 0.05) is 6.20 Å². The van der Waals surface area contributed by atoms with Crippen molar-refractivity contribution in [3.8, 4) is 5.75 Å². The summed E-state index contributed by atoms with van der Waals surface area (Å²) in [5.74, 6) is 1.88. The number of hydrogen-bond acceptors (Lipinski definition) is 3. The van der Waals surface area contributed by atoms with Crippen molar-refractivity contribution >= 4 is 11.5 Å². The van der Waals surface area contributed by atoms with Gasteiger partial charge in [-0.05, 0) is 38.1 Å². The van der Waals surface area contributed by atoms with Crippen molar-refractivity contribution in [2.45, 2.75) is 19.4 Å². The Balaban J connectivity index is 2.10. The number of hydrogen-bond donors (Lipinski definition) is 0. The highest BCUT2D eigenvalue weighted by Gasteiger charge is 2.32. The Morgan fingerprint density at radius 2 is 1.89 bits per heavy atom. The van der Waals surface area contributed by atoms with Crippen molar-refractivity contribution in [1.29, 1.82) is 0 Å². The smallest absolute Gasteiger partial charge is 0.143 e. The molecule has 0 unspecified atom stereocenters. The average molecular weight is 240 g/mol. The molecule has 0 spiro atoms. The van der Waals surface area contributed by atoms with E-state index in [0.717, 1.165) is 23.8 Å². The number of nitrogens with zero attached hydrogens (tertiary/aromatic N) is 2. The Bertz CT molecular complexity index is 551. The van der Waals surface area contributed by atoms with Crippen molar-refractivity contribution in [2.75, 3.05) is 11.4 Å². The summed E-state index contributed by atoms with van der Waals surface area (Å²) in [5.41, 5.74) is 0.863. The summed E-state index contributed by atoms with van der Waals surface area (Å²) in [7, 11) is 0. The molecule has 3 rings (SSSR count). The fourth-order valence-electron chi connectivity index (χ4n) is 2.28. The van der Waals surface area contributed by atoms with E-state index in [1.165, 1.54) is 0 Å². The second-order valence-electron chi connectivity index (χ2n) is 5.10. The predicted molar refractivity (Wildman–Crippen MR) is 72.4 cm³/mol. The monoisotopic (exact) mass is 240 g/mol. The Morgan fingerprint density at radius 3 is 2.67 bits per heavy atom. The molecule has 2 heterocycles. The molecule has 18 heavy (non-hydrogen) atoms. The quantitative estimate of drug-likeness (QED) is 0.764. The molecule has 3 heteroatoms. The summed E-state index contributed by atoms with van der Waals surface area (Å²) >= 11 is 0. The molecule has 3 nitrogen and oxygen atoms in total. The fraction of sp³-hybridized carbons (Fsp3) is 0.267. The van der Waals surface area contributed by atoms with E-state index in [2.05, 4.69) is 29.8 Å². The van der Waals surface area contributed by atoms with Crippen molar-refractivity contribution in [3.05, 3.63) is 48.7 Å². The van der Waals surface area contributed by atoms with E-state index in [1.54, 1.807) is 0 Å². The molecule has 0 fully saturated rings. The first-order valence-electron chi connectivity index (χ1n) is 6.12. The first-order chi connectivity index (χ1) is 8.66. The van der Waals surface area contributed by atoms with Crippen LogP contribution in [0.3, 0.4) is 0 Å². The van der Waals surface area contributed by atoms with Crippen LogP contribution in [0.5, 0.6) is 5.75 Å². The summed E-state index contributed by atoms with van der Waals surface area (Å²) in [6.07, 6.45) is 1.82. The zero-order valence-corrected chi connectivity index (χ0v) is 10.6. The maximum Gasteiger partial charge on any atom is 0.143 e. The highest BCUT2D eigenvalue weighted by Crippen LogP contribution is 2.39. The van der Waals surface area contributed by atoms with E-state index >= 15 is 0 Å². The van der Waals surface area contributed by atoms with Gasteiger partial charge >= 0.3 is 0 Å². The van der Waals surface area contributed by atoms with Crippen LogP contribution in [0.15, 0.2) is 48.7 Å². The predicted octanol–water partition coefficient (Wildman–Crippen LogP) is 3.39. The van der Waals surface area contributed by atoms with Crippen LogP contribution < -0.4 is 9.64 Å². The van der Waals surface area contributed by atoms with E-state index in [4.69, 9.17) is 4.74 Å². The molecule has 1 aromatic carbocycles. The molecule has 0 saturated carbocycles. The van der Waals surface area contributed by atoms with E-state index in [9.17, 15) is 0 Å². The topological polar surface area (TPSA) is 25.4 Å². The highest BCUT2D eigenvalue weighted by molar-refractivity contribution is 5.68. The van der Waals surface area contributed by atoms with Gasteiger partial charge in [-0.3, -0.25) is 0 Å². The lowest BCUT2D eigenvalue weighted by molar-refractivity contribution is 0.109. The van der Waals surface area contributed by atoms with Crippen LogP contribution in [0.4, 0.5) is 11.5 Å². The maximum absolute atomic E-state index is 6.00. The van der Waals surface area contributed by atoms with Gasteiger partial charge in [-0.25, -0.2) is 4.98 Å². The van der Waals surface area contributed by atoms with Crippen LogP contribution >= 0.6 is 0 Å². The minimum atomic E-state index is -0.216. The molecule has 1 aromatic heterocycles. The minimum absolute atomic E-state index is 0.216. The Labute approximate surface area is 107 Å². The van der Waals surface area contributed by atoms with Gasteiger partial charge in [0.05, 0.1) is 12.2 Å². The first kappa shape index (κ1) is 11.1. The maximum atomic E-state index is 6.00. The van der Waals surface area contributed by atoms with Crippen LogP contribution in [0.2, 0.25) is 0 Å². The fourth-order valence-corrected chi connectivity index (χ4v) is 2.28. The number of benzene rings is 1. The lowest BCUT2D eigenvalue weighted by Gasteiger charge is -2.40. The molecule has 92 valence electrons. The van der Waals surface area contributed by atoms with Gasteiger partial charge in [-0.2, -0.15) is 0 Å². The van der Waals surface area contributed by atoms with E-state index < -0.39 is 0 Å². The largest absolute Gasteiger partial charge is 0.484 e. The van der Waals surface area contributed by atoms with E-state index in [-0.39, 0.29) is 5.60 Å². The SMILES string of the molecule is CC1(C)CN(c2ccccn2)c2ccccc2O1. The Morgan fingerprint density at radius 1 is 1.11 bits per heavy atom. The molecule has 2 aromatic rings. The van der Waals surface area contributed by atoms with Crippen LogP contribution in [0.1, 0.15) is 13.8 Å². The van der Waals surface area contributed by atoms with Gasteiger partial charge in [-0.15, -0.1) is 0 Å². The second-order valence-corrected chi connectivity index (χ2v) is 5.10. The lowest BCUT2D eigenvalue weighted by atomic mass is 10.1. The summed E-state index contributed by atoms with van der Waals surface area (Å²) in [6, 6.07) is 14.1. The number of pyridine rings is 1. The van der Waals surface area contributed by atoms with Crippen molar-refractivity contribution in [1.82, 2.24) is 4.98 Å². The number of rotatable bonds is 1. The third-order valence-electron chi connectivity index (χ3n) is 3.01. The number of aromatic nitrogens is 1. The molecule has 1 aliphatic heterocycles. The third kappa shape index (κ3) is 1.92. The molecule has 0 saturated heterocycles. The van der Waals surface area contributed by atoms with Crippen molar-refractivity contribution < 1.29 is 4.74 Å². The molecule has 0 N–H and O–H groups in total. The van der Waals surface area contributed by atoms with Crippen LogP contribution in [-0.2, 0) is 0 Å². The number of fused-ring (bicyclic) bond motifs is 1. The normalized spacial score (nSPS) is 16.9. The first-order valence-corrected chi connectivity index (χ1v) is 6.12. The molecule has 0 amide bonds. The lowest BCUT2D eigenvalue weighted by Crippen LogP contribution is -2.45. The number of ether oxygens (including phenoxy) is 1. The second kappa shape index (κ2) is 4.02. The number of para-hydroxylation sites is 2. The van der Waals surface area contributed by atoms with Gasteiger partial charge in [0.2, 0.25) is 0 Å². The van der Waals surface area contributed by atoms with E-state index in [0.29, 0.717) is 0 Å². The standard InChI is InChI=1S/C15H16N2O/c1-15(2)11-17(14-9-5-6-10-16-14)12-7-3-4-8-13(12)18-15/h3-10H,11H2,1-2H3. The summed E-state index contributed by atoms with van der Waals surface area (Å²) in [5, 5.41) is 0. The minimum Gasteiger partial charge on any atom is -0.484 e. The average Bonchev–Trinajstić information content (AvgIpc) is 2.38.